The van der Waals surface area contributed by atoms with Gasteiger partial charge in [-0.05, 0) is 99.0 Å². The molecule has 1 aliphatic heterocycles. The van der Waals surface area contributed by atoms with Crippen LogP contribution >= 0.6 is 0 Å². The minimum Gasteiger partial charge on any atom is -0.340 e. The van der Waals surface area contributed by atoms with E-state index in [4.69, 9.17) is 0 Å². The summed E-state index contributed by atoms with van der Waals surface area (Å²) in [4.78, 5) is 27.9. The second-order valence-corrected chi connectivity index (χ2v) is 13.3. The number of aromatic nitrogens is 1. The number of sulfonamides is 1. The minimum absolute atomic E-state index is 0.0244. The van der Waals surface area contributed by atoms with E-state index in [9.17, 15) is 18.0 Å². The number of carbonyl (C=O) groups excluding carboxylic acids is 2. The molecule has 1 saturated carbocycles. The molecule has 4 aromatic rings. The highest BCUT2D eigenvalue weighted by Gasteiger charge is 2.44. The summed E-state index contributed by atoms with van der Waals surface area (Å²) in [6.07, 6.45) is 2.93. The van der Waals surface area contributed by atoms with Crippen molar-refractivity contribution in [2.24, 2.45) is 0 Å². The Morgan fingerprint density at radius 2 is 1.63 bits per heavy atom. The lowest BCUT2D eigenvalue weighted by atomic mass is 9.99. The Kier molecular flexibility index (Phi) is 6.45. The molecule has 6 rings (SSSR count). The Morgan fingerprint density at radius 1 is 0.951 bits per heavy atom. The molecule has 1 aliphatic carbocycles. The average Bonchev–Trinajstić information content (AvgIpc) is 3.57. The molecular weight excluding hydrogens is 536 g/mol. The third-order valence-corrected chi connectivity index (χ3v) is 9.63. The number of nitrogens with one attached hydrogen (secondary N) is 2. The molecule has 0 unspecified atom stereocenters. The van der Waals surface area contributed by atoms with Gasteiger partial charge in [-0.25, -0.2) is 17.9 Å². The highest BCUT2D eigenvalue weighted by molar-refractivity contribution is 7.90. The molecule has 2 N–H and O–H groups in total. The van der Waals surface area contributed by atoms with Crippen LogP contribution in [0.5, 0.6) is 0 Å². The van der Waals surface area contributed by atoms with Crippen LogP contribution in [-0.4, -0.2) is 49.0 Å². The normalized spacial score (nSPS) is 16.0. The van der Waals surface area contributed by atoms with Gasteiger partial charge >= 0.3 is 6.03 Å². The second-order valence-electron chi connectivity index (χ2n) is 11.6. The van der Waals surface area contributed by atoms with Crippen molar-refractivity contribution in [2.75, 3.05) is 13.6 Å². The first-order valence-corrected chi connectivity index (χ1v) is 15.4. The highest BCUT2D eigenvalue weighted by atomic mass is 32.2. The molecular formula is C32H34N4O4S. The van der Waals surface area contributed by atoms with E-state index in [0.29, 0.717) is 13.0 Å². The highest BCUT2D eigenvalue weighted by Crippen LogP contribution is 2.39. The Morgan fingerprint density at radius 3 is 2.29 bits per heavy atom. The standard InChI is InChI=1S/C32H34N4O4S/c1-20-5-11-25(12-6-20)41(39,40)34-31(38)33-32(14-15-32)19-23-7-9-24(10-8-23)36-27-18-21(2)17-22(3)28(27)26-13-16-35(4)30(37)29(26)36/h5-12,17-18H,13-16,19H2,1-4H3,(H2,33,34,38). The lowest BCUT2D eigenvalue weighted by Crippen LogP contribution is -2.46. The zero-order chi connectivity index (χ0) is 29.1. The monoisotopic (exact) mass is 570 g/mol. The van der Waals surface area contributed by atoms with E-state index >= 15 is 0 Å². The molecule has 2 aliphatic rings. The van der Waals surface area contributed by atoms with Gasteiger partial charge in [-0.3, -0.25) is 4.79 Å². The smallest absolute Gasteiger partial charge is 0.329 e. The predicted octanol–water partition coefficient (Wildman–Crippen LogP) is 4.95. The van der Waals surface area contributed by atoms with Crippen LogP contribution < -0.4 is 10.0 Å². The summed E-state index contributed by atoms with van der Waals surface area (Å²) in [5, 5.41) is 4.06. The van der Waals surface area contributed by atoms with Gasteiger partial charge in [-0.2, -0.15) is 0 Å². The van der Waals surface area contributed by atoms with Crippen molar-refractivity contribution in [3.8, 4) is 5.69 Å². The van der Waals surface area contributed by atoms with Crippen LogP contribution in [0.2, 0.25) is 0 Å². The lowest BCUT2D eigenvalue weighted by Gasteiger charge is -2.24. The topological polar surface area (TPSA) is 101 Å². The first-order valence-electron chi connectivity index (χ1n) is 13.9. The fourth-order valence-electron chi connectivity index (χ4n) is 6.00. The first kappa shape index (κ1) is 27.1. The fraction of sp³-hybridized carbons (Fsp3) is 0.312. The Balaban J connectivity index is 1.24. The molecule has 0 spiro atoms. The molecule has 0 saturated heterocycles. The maximum atomic E-state index is 13.4. The van der Waals surface area contributed by atoms with Gasteiger partial charge in [0.15, 0.2) is 0 Å². The van der Waals surface area contributed by atoms with Gasteiger partial charge in [0.25, 0.3) is 15.9 Å². The number of aryl methyl sites for hydroxylation is 3. The van der Waals surface area contributed by atoms with Crippen LogP contribution in [0, 0.1) is 20.8 Å². The van der Waals surface area contributed by atoms with E-state index in [1.54, 1.807) is 17.0 Å². The van der Waals surface area contributed by atoms with E-state index in [1.807, 2.05) is 38.2 Å². The molecule has 1 aromatic heterocycles. The number of carbonyl (C=O) groups is 2. The van der Waals surface area contributed by atoms with Crippen molar-refractivity contribution in [3.05, 3.63) is 94.2 Å². The molecule has 8 nitrogen and oxygen atoms in total. The zero-order valence-electron chi connectivity index (χ0n) is 23.7. The Bertz CT molecular complexity index is 1800. The number of rotatable bonds is 6. The summed E-state index contributed by atoms with van der Waals surface area (Å²) in [5.74, 6) is 0.0244. The third-order valence-electron chi connectivity index (χ3n) is 8.29. The van der Waals surface area contributed by atoms with Gasteiger partial charge in [-0.1, -0.05) is 35.9 Å². The van der Waals surface area contributed by atoms with Crippen LogP contribution in [0.1, 0.15) is 51.1 Å². The molecule has 0 radical (unpaired) electrons. The van der Waals surface area contributed by atoms with Crippen LogP contribution in [0.25, 0.3) is 16.6 Å². The van der Waals surface area contributed by atoms with E-state index in [2.05, 4.69) is 40.6 Å². The van der Waals surface area contributed by atoms with E-state index in [1.165, 1.54) is 17.7 Å². The minimum atomic E-state index is -3.96. The molecule has 2 heterocycles. The molecule has 3 amide bonds. The SMILES string of the molecule is Cc1ccc(S(=O)(=O)NC(=O)NC2(Cc3ccc(-n4c5c(c6c(C)cc(C)cc64)CCN(C)C5=O)cc3)CC2)cc1. The van der Waals surface area contributed by atoms with Crippen molar-refractivity contribution < 1.29 is 18.0 Å². The van der Waals surface area contributed by atoms with E-state index < -0.39 is 21.6 Å². The maximum absolute atomic E-state index is 13.4. The van der Waals surface area contributed by atoms with Crippen molar-refractivity contribution in [2.45, 2.75) is 56.9 Å². The van der Waals surface area contributed by atoms with Gasteiger partial charge in [0.05, 0.1) is 10.4 Å². The third kappa shape index (κ3) is 4.99. The van der Waals surface area contributed by atoms with Gasteiger partial charge < -0.3 is 14.8 Å². The first-order chi connectivity index (χ1) is 19.5. The summed E-state index contributed by atoms with van der Waals surface area (Å²) >= 11 is 0. The number of fused-ring (bicyclic) bond motifs is 3. The van der Waals surface area contributed by atoms with Crippen molar-refractivity contribution >= 4 is 32.9 Å². The fourth-order valence-corrected chi connectivity index (χ4v) is 6.91. The van der Waals surface area contributed by atoms with Gasteiger partial charge in [0.2, 0.25) is 0 Å². The maximum Gasteiger partial charge on any atom is 0.329 e. The average molecular weight is 571 g/mol. The van der Waals surface area contributed by atoms with Crippen LogP contribution in [0.3, 0.4) is 0 Å². The molecule has 0 bridgehead atoms. The number of benzene rings is 3. The Labute approximate surface area is 240 Å². The number of nitrogens with zero attached hydrogens (tertiary/aromatic N) is 2. The van der Waals surface area contributed by atoms with E-state index in [0.717, 1.165) is 63.8 Å². The Hall–Kier alpha value is -4.11. The molecule has 41 heavy (non-hydrogen) atoms. The molecule has 212 valence electrons. The summed E-state index contributed by atoms with van der Waals surface area (Å²) < 4.78 is 29.5. The number of urea groups is 1. The largest absolute Gasteiger partial charge is 0.340 e. The number of hydrogen-bond donors (Lipinski definition) is 2. The van der Waals surface area contributed by atoms with Crippen LogP contribution in [0.15, 0.2) is 65.6 Å². The van der Waals surface area contributed by atoms with Crippen LogP contribution in [0.4, 0.5) is 4.79 Å². The summed E-state index contributed by atoms with van der Waals surface area (Å²) in [5.41, 5.74) is 7.57. The van der Waals surface area contributed by atoms with Crippen molar-refractivity contribution in [1.82, 2.24) is 19.5 Å². The lowest BCUT2D eigenvalue weighted by molar-refractivity contribution is 0.0773. The second kappa shape index (κ2) is 9.76. The molecule has 1 fully saturated rings. The van der Waals surface area contributed by atoms with Gasteiger partial charge in [0, 0.05) is 30.2 Å². The number of hydrogen-bond acceptors (Lipinski definition) is 4. The summed E-state index contributed by atoms with van der Waals surface area (Å²) in [6, 6.07) is 18.0. The molecule has 9 heteroatoms. The number of likely N-dealkylation sites (N-methyl/N-ethyl adjacent to an activating group) is 1. The predicted molar refractivity (Wildman–Crippen MR) is 159 cm³/mol. The quantitative estimate of drug-likeness (QED) is 0.343. The summed E-state index contributed by atoms with van der Waals surface area (Å²) in [6.45, 7) is 6.75. The summed E-state index contributed by atoms with van der Waals surface area (Å²) in [7, 11) is -2.11. The zero-order valence-corrected chi connectivity index (χ0v) is 24.6. The van der Waals surface area contributed by atoms with Crippen molar-refractivity contribution in [1.29, 1.82) is 0 Å². The molecule has 0 atom stereocenters. The van der Waals surface area contributed by atoms with Crippen LogP contribution in [-0.2, 0) is 22.9 Å². The van der Waals surface area contributed by atoms with E-state index in [-0.39, 0.29) is 10.8 Å². The van der Waals surface area contributed by atoms with Gasteiger partial charge in [-0.15, -0.1) is 0 Å². The van der Waals surface area contributed by atoms with Gasteiger partial charge in [0.1, 0.15) is 5.69 Å². The molecule has 3 aromatic carbocycles. The number of amides is 3. The van der Waals surface area contributed by atoms with Crippen molar-refractivity contribution in [3.63, 3.8) is 0 Å².